The molecule has 0 saturated heterocycles. The van der Waals surface area contributed by atoms with Gasteiger partial charge >= 0.3 is 0 Å². The van der Waals surface area contributed by atoms with Crippen molar-refractivity contribution in [1.82, 2.24) is 4.98 Å². The van der Waals surface area contributed by atoms with E-state index >= 15 is 0 Å². The lowest BCUT2D eigenvalue weighted by Gasteiger charge is -2.09. The highest BCUT2D eigenvalue weighted by molar-refractivity contribution is 9.10. The summed E-state index contributed by atoms with van der Waals surface area (Å²) >= 11 is 3.34. The van der Waals surface area contributed by atoms with Crippen LogP contribution in [-0.2, 0) is 0 Å². The number of rotatable bonds is 2. The third-order valence-corrected chi connectivity index (χ3v) is 2.69. The largest absolute Gasteiger partial charge is 0.436 e. The first-order valence-corrected chi connectivity index (χ1v) is 5.70. The monoisotopic (exact) mass is 296 g/mol. The normalized spacial score (nSPS) is 10.3. The van der Waals surface area contributed by atoms with Crippen LogP contribution in [0.3, 0.4) is 0 Å². The van der Waals surface area contributed by atoms with Crippen molar-refractivity contribution < 1.29 is 9.13 Å². The number of nitrogens with zero attached hydrogens (tertiary/aromatic N) is 1. The van der Waals surface area contributed by atoms with Gasteiger partial charge < -0.3 is 10.5 Å². The molecule has 0 aliphatic carbocycles. The zero-order valence-electron chi connectivity index (χ0n) is 9.08. The molecule has 0 saturated carbocycles. The van der Waals surface area contributed by atoms with Crippen molar-refractivity contribution in [1.29, 1.82) is 0 Å². The Kier molecular flexibility index (Phi) is 3.28. The second-order valence-corrected chi connectivity index (χ2v) is 4.44. The SMILES string of the molecule is Cc1cnc(Oc2ccc(F)cc2N)c(Br)c1. The second-order valence-electron chi connectivity index (χ2n) is 3.58. The molecule has 0 spiro atoms. The lowest BCUT2D eigenvalue weighted by atomic mass is 10.3. The summed E-state index contributed by atoms with van der Waals surface area (Å²) in [6.07, 6.45) is 1.68. The Morgan fingerprint density at radius 3 is 2.76 bits per heavy atom. The maximum atomic E-state index is 12.9. The fourth-order valence-corrected chi connectivity index (χ4v) is 1.86. The smallest absolute Gasteiger partial charge is 0.233 e. The maximum absolute atomic E-state index is 12.9. The van der Waals surface area contributed by atoms with Gasteiger partial charge in [0, 0.05) is 12.3 Å². The van der Waals surface area contributed by atoms with Crippen LogP contribution in [0, 0.1) is 12.7 Å². The number of pyridine rings is 1. The molecule has 1 heterocycles. The fourth-order valence-electron chi connectivity index (χ4n) is 1.31. The Morgan fingerprint density at radius 2 is 2.12 bits per heavy atom. The van der Waals surface area contributed by atoms with E-state index in [0.717, 1.165) is 10.0 Å². The number of hydrogen-bond acceptors (Lipinski definition) is 3. The van der Waals surface area contributed by atoms with Crippen LogP contribution in [0.25, 0.3) is 0 Å². The van der Waals surface area contributed by atoms with Crippen LogP contribution >= 0.6 is 15.9 Å². The zero-order valence-corrected chi connectivity index (χ0v) is 10.7. The van der Waals surface area contributed by atoms with Gasteiger partial charge in [-0.25, -0.2) is 9.37 Å². The van der Waals surface area contributed by atoms with E-state index in [0.29, 0.717) is 11.6 Å². The highest BCUT2D eigenvalue weighted by Gasteiger charge is 2.07. The molecule has 0 aliphatic rings. The summed E-state index contributed by atoms with van der Waals surface area (Å²) in [5.41, 5.74) is 6.89. The van der Waals surface area contributed by atoms with Crippen LogP contribution in [0.4, 0.5) is 10.1 Å². The van der Waals surface area contributed by atoms with Gasteiger partial charge in [-0.1, -0.05) is 0 Å². The van der Waals surface area contributed by atoms with E-state index in [-0.39, 0.29) is 5.69 Å². The number of halogens is 2. The van der Waals surface area contributed by atoms with E-state index in [1.807, 2.05) is 13.0 Å². The third-order valence-electron chi connectivity index (χ3n) is 2.12. The first kappa shape index (κ1) is 11.9. The summed E-state index contributed by atoms with van der Waals surface area (Å²) in [6.45, 7) is 1.92. The molecule has 0 fully saturated rings. The van der Waals surface area contributed by atoms with Crippen molar-refractivity contribution in [3.05, 3.63) is 46.3 Å². The van der Waals surface area contributed by atoms with E-state index in [4.69, 9.17) is 10.5 Å². The summed E-state index contributed by atoms with van der Waals surface area (Å²) in [5.74, 6) is 0.378. The van der Waals surface area contributed by atoms with Gasteiger partial charge in [-0.3, -0.25) is 0 Å². The summed E-state index contributed by atoms with van der Waals surface area (Å²) in [6, 6.07) is 5.84. The van der Waals surface area contributed by atoms with Gasteiger partial charge in [0.15, 0.2) is 5.75 Å². The van der Waals surface area contributed by atoms with Crippen LogP contribution in [0.15, 0.2) is 34.9 Å². The van der Waals surface area contributed by atoms with Crippen molar-refractivity contribution in [3.8, 4) is 11.6 Å². The molecule has 5 heteroatoms. The lowest BCUT2D eigenvalue weighted by molar-refractivity contribution is 0.460. The predicted molar refractivity (Wildman–Crippen MR) is 67.6 cm³/mol. The first-order valence-electron chi connectivity index (χ1n) is 4.91. The Morgan fingerprint density at radius 1 is 1.35 bits per heavy atom. The Labute approximate surface area is 107 Å². The zero-order chi connectivity index (χ0) is 12.4. The van der Waals surface area contributed by atoms with Gasteiger partial charge in [0.2, 0.25) is 5.88 Å². The van der Waals surface area contributed by atoms with Crippen LogP contribution in [-0.4, -0.2) is 4.98 Å². The molecule has 2 rings (SSSR count). The minimum atomic E-state index is -0.397. The molecule has 88 valence electrons. The Balaban J connectivity index is 2.31. The number of hydrogen-bond donors (Lipinski definition) is 1. The lowest BCUT2D eigenvalue weighted by Crippen LogP contribution is -1.95. The number of ether oxygens (including phenoxy) is 1. The van der Waals surface area contributed by atoms with Gasteiger partial charge in [-0.15, -0.1) is 0 Å². The van der Waals surface area contributed by atoms with E-state index in [1.165, 1.54) is 18.2 Å². The molecular weight excluding hydrogens is 287 g/mol. The predicted octanol–water partition coefficient (Wildman–Crippen LogP) is 3.67. The van der Waals surface area contributed by atoms with Gasteiger partial charge in [0.25, 0.3) is 0 Å². The molecule has 0 atom stereocenters. The number of benzene rings is 1. The topological polar surface area (TPSA) is 48.1 Å². The summed E-state index contributed by atoms with van der Waals surface area (Å²) in [4.78, 5) is 4.12. The van der Waals surface area contributed by atoms with E-state index in [1.54, 1.807) is 6.20 Å². The van der Waals surface area contributed by atoms with E-state index < -0.39 is 5.82 Å². The molecule has 0 radical (unpaired) electrons. The Bertz CT molecular complexity index is 511. The highest BCUT2D eigenvalue weighted by Crippen LogP contribution is 2.31. The number of nitrogens with two attached hydrogens (primary N) is 1. The average Bonchev–Trinajstić information content (AvgIpc) is 2.25. The van der Waals surface area contributed by atoms with Crippen molar-refractivity contribution in [2.45, 2.75) is 6.92 Å². The molecule has 3 nitrogen and oxygen atoms in total. The van der Waals surface area contributed by atoms with Gasteiger partial charge in [0.1, 0.15) is 5.82 Å². The van der Waals surface area contributed by atoms with Gasteiger partial charge in [0.05, 0.1) is 10.2 Å². The quantitative estimate of drug-likeness (QED) is 0.860. The van der Waals surface area contributed by atoms with E-state index in [9.17, 15) is 4.39 Å². The number of aryl methyl sites for hydroxylation is 1. The standard InChI is InChI=1S/C12H10BrFN2O/c1-7-4-9(13)12(16-6-7)17-11-3-2-8(14)5-10(11)15/h2-6H,15H2,1H3. The number of anilines is 1. The van der Waals surface area contributed by atoms with Crippen LogP contribution in [0.2, 0.25) is 0 Å². The summed E-state index contributed by atoms with van der Waals surface area (Å²) < 4.78 is 19.1. The molecule has 17 heavy (non-hydrogen) atoms. The van der Waals surface area contributed by atoms with Crippen LogP contribution in [0.1, 0.15) is 5.56 Å². The minimum absolute atomic E-state index is 0.235. The van der Waals surface area contributed by atoms with Crippen molar-refractivity contribution in [2.24, 2.45) is 0 Å². The fraction of sp³-hybridized carbons (Fsp3) is 0.0833. The van der Waals surface area contributed by atoms with Crippen molar-refractivity contribution >= 4 is 21.6 Å². The van der Waals surface area contributed by atoms with Crippen molar-refractivity contribution in [2.75, 3.05) is 5.73 Å². The average molecular weight is 297 g/mol. The van der Waals surface area contributed by atoms with Crippen LogP contribution < -0.4 is 10.5 Å². The molecule has 1 aromatic heterocycles. The van der Waals surface area contributed by atoms with Gasteiger partial charge in [-0.05, 0) is 46.6 Å². The summed E-state index contributed by atoms with van der Waals surface area (Å²) in [7, 11) is 0. The number of aromatic nitrogens is 1. The highest BCUT2D eigenvalue weighted by atomic mass is 79.9. The molecule has 0 unspecified atom stereocenters. The van der Waals surface area contributed by atoms with Crippen LogP contribution in [0.5, 0.6) is 11.6 Å². The molecule has 1 aromatic carbocycles. The van der Waals surface area contributed by atoms with E-state index in [2.05, 4.69) is 20.9 Å². The Hall–Kier alpha value is -1.62. The number of nitrogen functional groups attached to an aromatic ring is 1. The minimum Gasteiger partial charge on any atom is -0.436 e. The third kappa shape index (κ3) is 2.74. The molecular formula is C12H10BrFN2O. The second kappa shape index (κ2) is 4.71. The molecule has 2 N–H and O–H groups in total. The van der Waals surface area contributed by atoms with Gasteiger partial charge in [-0.2, -0.15) is 0 Å². The maximum Gasteiger partial charge on any atom is 0.233 e. The van der Waals surface area contributed by atoms with Crippen molar-refractivity contribution in [3.63, 3.8) is 0 Å². The molecule has 0 amide bonds. The molecule has 0 bridgehead atoms. The molecule has 0 aliphatic heterocycles. The first-order chi connectivity index (χ1) is 8.06. The molecule has 2 aromatic rings. The summed E-state index contributed by atoms with van der Waals surface area (Å²) in [5, 5.41) is 0.